The molecule has 4 aliphatic rings. The third-order valence-corrected chi connectivity index (χ3v) is 11.2. The first-order chi connectivity index (χ1) is 17.4. The van der Waals surface area contributed by atoms with Crippen LogP contribution in [0.4, 0.5) is 0 Å². The highest BCUT2D eigenvalue weighted by Crippen LogP contribution is 2.66. The van der Waals surface area contributed by atoms with E-state index in [-0.39, 0.29) is 35.2 Å². The number of Topliss-reactive ketones (excluding diaryl/α,β-unsaturated/α-hetero) is 1. The van der Waals surface area contributed by atoms with Crippen LogP contribution >= 0.6 is 23.1 Å². The second-order valence-electron chi connectivity index (χ2n) is 11.8. The number of nitrogens with zero attached hydrogens (tertiary/aromatic N) is 2. The van der Waals surface area contributed by atoms with Crippen molar-refractivity contribution in [2.75, 3.05) is 7.11 Å². The van der Waals surface area contributed by atoms with Crippen LogP contribution in [0.5, 0.6) is 5.75 Å². The first-order valence-corrected chi connectivity index (χ1v) is 14.8. The van der Waals surface area contributed by atoms with Gasteiger partial charge in [-0.15, -0.1) is 10.2 Å². The molecule has 1 aromatic heterocycles. The molecule has 1 aromatic carbocycles. The molecule has 1 aliphatic heterocycles. The Morgan fingerprint density at radius 3 is 2.70 bits per heavy atom. The van der Waals surface area contributed by atoms with Crippen LogP contribution in [0.15, 0.2) is 28.6 Å². The minimum atomic E-state index is -0.370. The Morgan fingerprint density at radius 2 is 2.05 bits per heavy atom. The summed E-state index contributed by atoms with van der Waals surface area (Å²) in [6.07, 6.45) is 3.79. The van der Waals surface area contributed by atoms with Crippen LogP contribution in [0.25, 0.3) is 0 Å². The van der Waals surface area contributed by atoms with Crippen LogP contribution in [0.1, 0.15) is 74.0 Å². The quantitative estimate of drug-likeness (QED) is 0.164. The molecule has 1 saturated heterocycles. The molecule has 0 N–H and O–H groups in total. The van der Waals surface area contributed by atoms with E-state index in [1.54, 1.807) is 37.1 Å². The molecule has 9 heteroatoms. The number of methoxy groups -OCH3 is 1. The molecule has 6 nitrogen and oxygen atoms in total. The van der Waals surface area contributed by atoms with Gasteiger partial charge in [0.05, 0.1) is 29.5 Å². The van der Waals surface area contributed by atoms with Crippen molar-refractivity contribution >= 4 is 36.0 Å². The molecule has 3 unspecified atom stereocenters. The predicted octanol–water partition coefficient (Wildman–Crippen LogP) is 6.15. The fourth-order valence-corrected chi connectivity index (χ4v) is 9.15. The van der Waals surface area contributed by atoms with E-state index < -0.39 is 0 Å². The summed E-state index contributed by atoms with van der Waals surface area (Å²) in [5.74, 6) is 1.80. The van der Waals surface area contributed by atoms with E-state index in [0.29, 0.717) is 29.6 Å². The molecule has 2 heterocycles. The lowest BCUT2D eigenvalue weighted by atomic mass is 9.43. The molecule has 37 heavy (non-hydrogen) atoms. The monoisotopic (exact) mass is 540 g/mol. The molecule has 0 amide bonds. The number of benzene rings is 1. The second-order valence-corrected chi connectivity index (χ2v) is 14.3. The van der Waals surface area contributed by atoms with Gasteiger partial charge in [0.15, 0.2) is 10.1 Å². The molecule has 2 aromatic rings. The van der Waals surface area contributed by atoms with Crippen molar-refractivity contribution in [2.45, 2.75) is 88.4 Å². The highest BCUT2D eigenvalue weighted by Gasteiger charge is 2.68. The number of allylic oxidation sites excluding steroid dienone is 1. The van der Waals surface area contributed by atoms with Gasteiger partial charge in [-0.3, -0.25) is 4.79 Å². The van der Waals surface area contributed by atoms with E-state index in [4.69, 9.17) is 14.0 Å². The lowest BCUT2D eigenvalue weighted by molar-refractivity contribution is -0.199. The third kappa shape index (κ3) is 4.70. The minimum Gasteiger partial charge on any atom is -0.496 e. The Hall–Kier alpha value is -1.68. The Labute approximate surface area is 229 Å². The number of ether oxygens (including phenoxy) is 1. The Kier molecular flexibility index (Phi) is 7.14. The number of rotatable bonds is 9. The Balaban J connectivity index is 1.45. The van der Waals surface area contributed by atoms with Gasteiger partial charge < -0.3 is 14.0 Å². The SMILES string of the molecule is C=C(C)Cc1nnc(S[C@@H](Cc2ccc(OC)c(C(C)=O)c2C)B2OC3CC4CC(C4(C)C)[C@]3(C)O2)s1. The average Bonchev–Trinajstić information content (AvgIpc) is 3.41. The van der Waals surface area contributed by atoms with E-state index in [1.165, 1.54) is 6.42 Å². The Morgan fingerprint density at radius 1 is 1.30 bits per heavy atom. The highest BCUT2D eigenvalue weighted by atomic mass is 32.2. The maximum absolute atomic E-state index is 12.5. The van der Waals surface area contributed by atoms with Gasteiger partial charge in [0.2, 0.25) is 0 Å². The molecule has 5 atom stereocenters. The van der Waals surface area contributed by atoms with Crippen molar-refractivity contribution in [1.82, 2.24) is 10.2 Å². The summed E-state index contributed by atoms with van der Waals surface area (Å²) in [5.41, 5.74) is 3.74. The summed E-state index contributed by atoms with van der Waals surface area (Å²) >= 11 is 3.27. The summed E-state index contributed by atoms with van der Waals surface area (Å²) in [7, 11) is 1.23. The molecule has 2 bridgehead atoms. The highest BCUT2D eigenvalue weighted by molar-refractivity contribution is 8.02. The maximum Gasteiger partial charge on any atom is 0.472 e. The van der Waals surface area contributed by atoms with Crippen molar-refractivity contribution in [3.63, 3.8) is 0 Å². The molecule has 0 spiro atoms. The normalized spacial score (nSPS) is 28.4. The molecule has 3 aliphatic carbocycles. The zero-order valence-electron chi connectivity index (χ0n) is 22.9. The summed E-state index contributed by atoms with van der Waals surface area (Å²) in [6.45, 7) is 16.6. The van der Waals surface area contributed by atoms with Gasteiger partial charge in [0.25, 0.3) is 0 Å². The Bertz CT molecular complexity index is 1230. The van der Waals surface area contributed by atoms with Gasteiger partial charge in [0.1, 0.15) is 10.8 Å². The number of aromatic nitrogens is 2. The van der Waals surface area contributed by atoms with Gasteiger partial charge in [0, 0.05) is 6.42 Å². The molecule has 198 valence electrons. The van der Waals surface area contributed by atoms with Gasteiger partial charge in [-0.25, -0.2) is 0 Å². The van der Waals surface area contributed by atoms with E-state index in [0.717, 1.165) is 38.9 Å². The number of carbonyl (C=O) groups is 1. The number of ketones is 1. The van der Waals surface area contributed by atoms with Crippen LogP contribution in [0.2, 0.25) is 0 Å². The standard InChI is InChI=1S/C28H37BN2O4S2/c1-15(2)11-24-30-31-26(37-24)36-23(12-18-9-10-20(33-8)25(16(18)3)17(4)32)29-34-22-14-19-13-21(27(19,5)6)28(22,7)35-29/h9-10,19,21-23H,1,11-14H2,2-8H3/t19?,21?,22?,23-,28-/m0/s1. The second kappa shape index (κ2) is 9.81. The summed E-state index contributed by atoms with van der Waals surface area (Å²) in [4.78, 5) is 12.5. The van der Waals surface area contributed by atoms with Crippen LogP contribution in [0.3, 0.4) is 0 Å². The van der Waals surface area contributed by atoms with Gasteiger partial charge in [-0.05, 0) is 81.4 Å². The van der Waals surface area contributed by atoms with Crippen molar-refractivity contribution in [3.8, 4) is 5.75 Å². The smallest absolute Gasteiger partial charge is 0.472 e. The fraction of sp³-hybridized carbons (Fsp3) is 0.607. The van der Waals surface area contributed by atoms with E-state index in [2.05, 4.69) is 43.6 Å². The van der Waals surface area contributed by atoms with Crippen molar-refractivity contribution in [3.05, 3.63) is 46.0 Å². The molecule has 4 fully saturated rings. The van der Waals surface area contributed by atoms with Crippen LogP contribution < -0.4 is 4.74 Å². The fourth-order valence-electron chi connectivity index (χ4n) is 6.77. The van der Waals surface area contributed by atoms with E-state index >= 15 is 0 Å². The number of carbonyl (C=O) groups excluding carboxylic acids is 1. The predicted molar refractivity (Wildman–Crippen MR) is 150 cm³/mol. The van der Waals surface area contributed by atoms with Crippen LogP contribution in [0, 0.1) is 24.2 Å². The zero-order chi connectivity index (χ0) is 26.7. The molecule has 0 radical (unpaired) electrons. The summed E-state index contributed by atoms with van der Waals surface area (Å²) < 4.78 is 20.0. The number of hydrogen-bond donors (Lipinski definition) is 0. The zero-order valence-corrected chi connectivity index (χ0v) is 24.6. The molecular weight excluding hydrogens is 503 g/mol. The molecule has 6 rings (SSSR count). The van der Waals surface area contributed by atoms with E-state index in [9.17, 15) is 4.79 Å². The van der Waals surface area contributed by atoms with Gasteiger partial charge in [-0.2, -0.15) is 0 Å². The number of thioether (sulfide) groups is 1. The van der Waals surface area contributed by atoms with Crippen LogP contribution in [-0.4, -0.2) is 47.1 Å². The third-order valence-electron chi connectivity index (χ3n) is 8.96. The lowest BCUT2D eigenvalue weighted by Gasteiger charge is -2.64. The van der Waals surface area contributed by atoms with Crippen molar-refractivity contribution in [2.24, 2.45) is 17.3 Å². The first-order valence-electron chi connectivity index (χ1n) is 13.1. The summed E-state index contributed by atoms with van der Waals surface area (Å²) in [5, 5.41) is 9.79. The van der Waals surface area contributed by atoms with E-state index in [1.807, 2.05) is 19.9 Å². The van der Waals surface area contributed by atoms with Crippen molar-refractivity contribution < 1.29 is 18.8 Å². The largest absolute Gasteiger partial charge is 0.496 e. The lowest BCUT2D eigenvalue weighted by Crippen LogP contribution is -2.65. The topological polar surface area (TPSA) is 70.5 Å². The van der Waals surface area contributed by atoms with Crippen LogP contribution in [-0.2, 0) is 22.2 Å². The van der Waals surface area contributed by atoms with Gasteiger partial charge >= 0.3 is 7.12 Å². The first kappa shape index (κ1) is 26.9. The maximum atomic E-state index is 12.5. The minimum absolute atomic E-state index is 0.00265. The van der Waals surface area contributed by atoms with Crippen molar-refractivity contribution in [1.29, 1.82) is 0 Å². The number of hydrogen-bond acceptors (Lipinski definition) is 8. The average molecular weight is 541 g/mol. The molecule has 3 saturated carbocycles. The molecular formula is C28H37BN2O4S2. The summed E-state index contributed by atoms with van der Waals surface area (Å²) in [6, 6.07) is 3.95. The van der Waals surface area contributed by atoms with Gasteiger partial charge in [-0.1, -0.05) is 55.2 Å².